The van der Waals surface area contributed by atoms with Crippen LogP contribution in [0.4, 0.5) is 0 Å². The molecular weight excluding hydrogens is 179 g/mol. The zero-order chi connectivity index (χ0) is 4.12. The molecule has 0 saturated carbocycles. The Labute approximate surface area is 60.4 Å². The third-order valence-electron chi connectivity index (χ3n) is 0.707. The van der Waals surface area contributed by atoms with E-state index in [1.807, 2.05) is 0 Å². The van der Waals surface area contributed by atoms with Gasteiger partial charge in [-0.1, -0.05) is 0 Å². The van der Waals surface area contributed by atoms with Crippen LogP contribution in [0.15, 0.2) is 0 Å². The van der Waals surface area contributed by atoms with Gasteiger partial charge in [-0.05, 0) is 0 Å². The molecule has 0 spiro atoms. The van der Waals surface area contributed by atoms with Crippen LogP contribution in [0.1, 0.15) is 13.8 Å². The standard InChI is InChI=1S/2C2H5.2Zn/c2*1-2;;/h2*1H2,2H3;;. The fourth-order valence-electron chi connectivity index (χ4n) is 0.354. The summed E-state index contributed by atoms with van der Waals surface area (Å²) in [6.45, 7) is 4.59. The van der Waals surface area contributed by atoms with Gasteiger partial charge in [-0.3, -0.25) is 0 Å². The predicted octanol–water partition coefficient (Wildman–Crippen LogP) is 1.94. The van der Waals surface area contributed by atoms with E-state index in [2.05, 4.69) is 13.8 Å². The van der Waals surface area contributed by atoms with Gasteiger partial charge in [-0.25, -0.2) is 0 Å². The van der Waals surface area contributed by atoms with E-state index in [0.29, 0.717) is 0 Å². The summed E-state index contributed by atoms with van der Waals surface area (Å²) >= 11 is 0.0972. The normalized spacial score (nSPS) is 5.67. The van der Waals surface area contributed by atoms with Gasteiger partial charge in [0.25, 0.3) is 0 Å². The van der Waals surface area contributed by atoms with E-state index >= 15 is 0 Å². The molecule has 0 rings (SSSR count). The summed E-state index contributed by atoms with van der Waals surface area (Å²) in [6, 6.07) is 0. The number of rotatable bonds is 2. The van der Waals surface area contributed by atoms with Crippen molar-refractivity contribution in [2.75, 3.05) is 0 Å². The van der Waals surface area contributed by atoms with Crippen molar-refractivity contribution in [1.29, 1.82) is 0 Å². The van der Waals surface area contributed by atoms with Crippen LogP contribution in [0, 0.1) is 0 Å². The van der Waals surface area contributed by atoms with Crippen LogP contribution in [0.2, 0.25) is 10.0 Å². The minimum atomic E-state index is 0. The summed E-state index contributed by atoms with van der Waals surface area (Å²) in [5.41, 5.74) is 0. The number of hydrogen-bond donors (Lipinski definition) is 0. The van der Waals surface area contributed by atoms with E-state index in [4.69, 9.17) is 0 Å². The molecule has 0 heterocycles. The van der Waals surface area contributed by atoms with Gasteiger partial charge in [0.05, 0.1) is 0 Å². The zero-order valence-corrected chi connectivity index (χ0v) is 10.8. The molecule has 2 heteroatoms. The first kappa shape index (κ1) is 10.3. The van der Waals surface area contributed by atoms with Crippen molar-refractivity contribution in [3.63, 3.8) is 0 Å². The van der Waals surface area contributed by atoms with Crippen LogP contribution in [-0.2, 0) is 36.6 Å². The van der Waals surface area contributed by atoms with Crippen LogP contribution in [0.5, 0.6) is 0 Å². The van der Waals surface area contributed by atoms with Gasteiger partial charge in [0.1, 0.15) is 0 Å². The maximum atomic E-state index is 2.30. The van der Waals surface area contributed by atoms with Crippen molar-refractivity contribution >= 4 is 0 Å². The molecule has 0 saturated heterocycles. The minimum absolute atomic E-state index is 0. The molecule has 0 aliphatic carbocycles. The van der Waals surface area contributed by atoms with Gasteiger partial charge in [0.15, 0.2) is 0 Å². The van der Waals surface area contributed by atoms with Crippen molar-refractivity contribution in [1.82, 2.24) is 0 Å². The van der Waals surface area contributed by atoms with Gasteiger partial charge < -0.3 is 0 Å². The molecule has 0 aromatic heterocycles. The molecule has 0 N–H and O–H groups in total. The molecule has 0 amide bonds. The Bertz CT molecular complexity index is 13.0. The van der Waals surface area contributed by atoms with E-state index in [0.717, 1.165) is 0 Å². The topological polar surface area (TPSA) is 0 Å². The van der Waals surface area contributed by atoms with Crippen LogP contribution in [-0.4, -0.2) is 0 Å². The Balaban J connectivity index is 0. The average molecular weight is 189 g/mol. The molecule has 6 heavy (non-hydrogen) atoms. The second kappa shape index (κ2) is 9.54. The van der Waals surface area contributed by atoms with E-state index in [9.17, 15) is 0 Å². The Morgan fingerprint density at radius 2 is 1.50 bits per heavy atom. The molecule has 0 fully saturated rings. The van der Waals surface area contributed by atoms with Crippen molar-refractivity contribution in [2.45, 2.75) is 23.9 Å². The third kappa shape index (κ3) is 8.98. The van der Waals surface area contributed by atoms with Crippen molar-refractivity contribution < 1.29 is 36.6 Å². The molecular formula is C4H10Zn2. The van der Waals surface area contributed by atoms with Gasteiger partial charge in [-0.15, -0.1) is 0 Å². The summed E-state index contributed by atoms with van der Waals surface area (Å²) in [4.78, 5) is 0. The Hall–Kier alpha value is 1.25. The quantitative estimate of drug-likeness (QED) is 0.582. The van der Waals surface area contributed by atoms with Crippen molar-refractivity contribution in [3.05, 3.63) is 0 Å². The van der Waals surface area contributed by atoms with Crippen LogP contribution in [0.3, 0.4) is 0 Å². The van der Waals surface area contributed by atoms with Crippen LogP contribution < -0.4 is 0 Å². The molecule has 0 atom stereocenters. The predicted molar refractivity (Wildman–Crippen MR) is 21.0 cm³/mol. The first-order valence-electron chi connectivity index (χ1n) is 2.41. The fourth-order valence-corrected chi connectivity index (χ4v) is 1.84. The number of hydrogen-bond acceptors (Lipinski definition) is 0. The van der Waals surface area contributed by atoms with E-state index in [1.54, 1.807) is 0 Å². The van der Waals surface area contributed by atoms with E-state index < -0.39 is 0 Å². The summed E-state index contributed by atoms with van der Waals surface area (Å²) in [5, 5.41) is 3.06. The summed E-state index contributed by atoms with van der Waals surface area (Å²) in [5.74, 6) is 0. The molecule has 0 nitrogen and oxygen atoms in total. The van der Waals surface area contributed by atoms with Crippen LogP contribution in [0.25, 0.3) is 0 Å². The largest absolute Gasteiger partial charge is 0 e. The Kier molecular flexibility index (Phi) is 16.3. The first-order valence-corrected chi connectivity index (χ1v) is 6.61. The average Bonchev–Trinajstić information content (AvgIpc) is 1.41. The van der Waals surface area contributed by atoms with Gasteiger partial charge in [-0.2, -0.15) is 0 Å². The molecule has 0 aliphatic heterocycles. The Morgan fingerprint density at radius 3 is 1.50 bits per heavy atom. The van der Waals surface area contributed by atoms with Gasteiger partial charge in [0, 0.05) is 19.5 Å². The van der Waals surface area contributed by atoms with Gasteiger partial charge in [0.2, 0.25) is 0 Å². The van der Waals surface area contributed by atoms with Crippen LogP contribution >= 0.6 is 0 Å². The molecule has 0 bridgehead atoms. The minimum Gasteiger partial charge on any atom is 0 e. The van der Waals surface area contributed by atoms with Gasteiger partial charge >= 0.3 is 41.0 Å². The SMILES string of the molecule is C[CH2][Zn][CH2]C.[Zn]. The summed E-state index contributed by atoms with van der Waals surface area (Å²) < 4.78 is 0. The summed E-state index contributed by atoms with van der Waals surface area (Å²) in [7, 11) is 0. The third-order valence-corrected chi connectivity index (χ3v) is 3.67. The molecule has 0 aromatic rings. The second-order valence-corrected chi connectivity index (χ2v) is 7.03. The fraction of sp³-hybridized carbons (Fsp3) is 1.00. The zero-order valence-electron chi connectivity index (χ0n) is 4.83. The maximum absolute atomic E-state index is 2.30. The van der Waals surface area contributed by atoms with Crippen molar-refractivity contribution in [2.24, 2.45) is 0 Å². The maximum Gasteiger partial charge on any atom is 0 e. The van der Waals surface area contributed by atoms with Crippen molar-refractivity contribution in [3.8, 4) is 0 Å². The molecule has 0 unspecified atom stereocenters. The smallest absolute Gasteiger partial charge is 0 e. The molecule has 0 aliphatic rings. The summed E-state index contributed by atoms with van der Waals surface area (Å²) in [6.07, 6.45) is 0. The molecule has 0 radical (unpaired) electrons. The second-order valence-electron chi connectivity index (χ2n) is 1.35. The first-order chi connectivity index (χ1) is 2.41. The van der Waals surface area contributed by atoms with E-state index in [1.165, 1.54) is 10.0 Å². The molecule has 0 aromatic carbocycles. The van der Waals surface area contributed by atoms with E-state index in [-0.39, 0.29) is 36.6 Å². The molecule has 30 valence electrons. The Morgan fingerprint density at radius 1 is 1.17 bits per heavy atom. The monoisotopic (exact) mass is 186 g/mol.